The van der Waals surface area contributed by atoms with Crippen LogP contribution >= 0.6 is 0 Å². The standard InChI is InChI=1S/C25H21N3O8/c1-25(2,3)36-17(29)9-8-12-13-6-4-5-7-16(13)26-19-14(12)10-27-21(19)20(28(33)34)18-15(23(27)31)11-35-24(32)22(18)30/h4-9,22,30H,10-11H2,1-3H3/b9-8+. The zero-order chi connectivity index (χ0) is 25.9. The first-order valence-electron chi connectivity index (χ1n) is 11.1. The van der Waals surface area contributed by atoms with E-state index in [2.05, 4.69) is 4.98 Å². The van der Waals surface area contributed by atoms with E-state index in [9.17, 15) is 29.6 Å². The van der Waals surface area contributed by atoms with Crippen molar-refractivity contribution in [3.8, 4) is 11.4 Å². The number of aliphatic hydroxyl groups excluding tert-OH is 1. The number of esters is 2. The summed E-state index contributed by atoms with van der Waals surface area (Å²) in [6.45, 7) is 4.68. The number of benzene rings is 1. The fraction of sp³-hybridized carbons (Fsp3) is 0.280. The van der Waals surface area contributed by atoms with Crippen LogP contribution in [-0.2, 0) is 32.2 Å². The van der Waals surface area contributed by atoms with E-state index in [1.54, 1.807) is 51.1 Å². The summed E-state index contributed by atoms with van der Waals surface area (Å²) in [5, 5.41) is 23.3. The normalized spacial score (nSPS) is 16.4. The van der Waals surface area contributed by atoms with Crippen molar-refractivity contribution in [2.75, 3.05) is 0 Å². The quantitative estimate of drug-likeness (QED) is 0.197. The van der Waals surface area contributed by atoms with Gasteiger partial charge in [0.25, 0.3) is 5.56 Å². The predicted molar refractivity (Wildman–Crippen MR) is 127 cm³/mol. The first kappa shape index (κ1) is 23.4. The number of ether oxygens (including phenoxy) is 2. The third-order valence-corrected chi connectivity index (χ3v) is 5.99. The summed E-state index contributed by atoms with van der Waals surface area (Å²) in [6.07, 6.45) is 0.833. The highest BCUT2D eigenvalue weighted by atomic mass is 16.6. The van der Waals surface area contributed by atoms with Crippen molar-refractivity contribution in [2.45, 2.75) is 45.6 Å². The Labute approximate surface area is 203 Å². The van der Waals surface area contributed by atoms with Crippen LogP contribution in [0.1, 0.15) is 49.1 Å². The summed E-state index contributed by atoms with van der Waals surface area (Å²) in [5.41, 5.74) is -0.857. The summed E-state index contributed by atoms with van der Waals surface area (Å²) in [4.78, 5) is 53.8. The maximum absolute atomic E-state index is 13.3. The molecule has 2 aliphatic heterocycles. The number of carbonyl (C=O) groups excluding carboxylic acids is 2. The highest BCUT2D eigenvalue weighted by Crippen LogP contribution is 2.44. The van der Waals surface area contributed by atoms with Crippen LogP contribution in [0.25, 0.3) is 28.4 Å². The molecule has 11 nitrogen and oxygen atoms in total. The van der Waals surface area contributed by atoms with Crippen LogP contribution in [0.3, 0.4) is 0 Å². The molecule has 1 atom stereocenters. The van der Waals surface area contributed by atoms with Crippen LogP contribution in [0.2, 0.25) is 0 Å². The molecule has 36 heavy (non-hydrogen) atoms. The van der Waals surface area contributed by atoms with Crippen LogP contribution in [0.15, 0.2) is 35.1 Å². The van der Waals surface area contributed by atoms with Crippen molar-refractivity contribution in [1.82, 2.24) is 9.55 Å². The molecule has 0 saturated carbocycles. The van der Waals surface area contributed by atoms with Gasteiger partial charge in [0.1, 0.15) is 23.6 Å². The Morgan fingerprint density at radius 3 is 2.69 bits per heavy atom. The van der Waals surface area contributed by atoms with Crippen molar-refractivity contribution in [3.05, 3.63) is 73.1 Å². The lowest BCUT2D eigenvalue weighted by molar-refractivity contribution is -0.385. The van der Waals surface area contributed by atoms with Gasteiger partial charge in [-0.05, 0) is 38.5 Å². The number of aromatic nitrogens is 2. The first-order valence-corrected chi connectivity index (χ1v) is 11.1. The molecule has 1 aromatic carbocycles. The Morgan fingerprint density at radius 2 is 2.00 bits per heavy atom. The summed E-state index contributed by atoms with van der Waals surface area (Å²) < 4.78 is 11.4. The average molecular weight is 491 g/mol. The molecule has 3 aromatic rings. The molecule has 4 heterocycles. The molecule has 2 aromatic heterocycles. The van der Waals surface area contributed by atoms with Crippen molar-refractivity contribution in [2.24, 2.45) is 0 Å². The van der Waals surface area contributed by atoms with Crippen LogP contribution in [0, 0.1) is 10.1 Å². The van der Waals surface area contributed by atoms with Crippen LogP contribution in [0.5, 0.6) is 0 Å². The van der Waals surface area contributed by atoms with E-state index in [1.165, 1.54) is 10.6 Å². The molecular weight excluding hydrogens is 470 g/mol. The molecule has 0 amide bonds. The van der Waals surface area contributed by atoms with E-state index in [4.69, 9.17) is 9.47 Å². The highest BCUT2D eigenvalue weighted by molar-refractivity contribution is 5.98. The van der Waals surface area contributed by atoms with Gasteiger partial charge < -0.3 is 14.6 Å². The smallest absolute Gasteiger partial charge is 0.340 e. The van der Waals surface area contributed by atoms with E-state index >= 15 is 0 Å². The Hall–Kier alpha value is -4.38. The maximum atomic E-state index is 13.3. The molecule has 11 heteroatoms. The van der Waals surface area contributed by atoms with E-state index in [-0.39, 0.29) is 29.1 Å². The number of fused-ring (bicyclic) bond motifs is 5. The Balaban J connectivity index is 1.79. The van der Waals surface area contributed by atoms with E-state index in [1.807, 2.05) is 0 Å². The fourth-order valence-electron chi connectivity index (χ4n) is 4.60. The Bertz CT molecular complexity index is 1580. The zero-order valence-corrected chi connectivity index (χ0v) is 19.6. The number of para-hydroxylation sites is 1. The summed E-state index contributed by atoms with van der Waals surface area (Å²) >= 11 is 0. The minimum absolute atomic E-state index is 0.0620. The topological polar surface area (TPSA) is 151 Å². The van der Waals surface area contributed by atoms with Gasteiger partial charge in [0.2, 0.25) is 0 Å². The number of rotatable bonds is 3. The van der Waals surface area contributed by atoms with Gasteiger partial charge in [0.15, 0.2) is 6.10 Å². The molecular formula is C25H21N3O8. The second kappa shape index (κ2) is 8.09. The molecule has 2 aliphatic rings. The van der Waals surface area contributed by atoms with Crippen molar-refractivity contribution in [3.63, 3.8) is 0 Å². The second-order valence-electron chi connectivity index (χ2n) is 9.48. The lowest BCUT2D eigenvalue weighted by Gasteiger charge is -2.21. The third kappa shape index (κ3) is 3.64. The van der Waals surface area contributed by atoms with Gasteiger partial charge in [-0.2, -0.15) is 0 Å². The van der Waals surface area contributed by atoms with Crippen molar-refractivity contribution >= 4 is 34.6 Å². The van der Waals surface area contributed by atoms with Gasteiger partial charge in [-0.25, -0.2) is 14.6 Å². The second-order valence-corrected chi connectivity index (χ2v) is 9.48. The number of hydrogen-bond donors (Lipinski definition) is 1. The number of aliphatic hydroxyl groups is 1. The lowest BCUT2D eigenvalue weighted by Crippen LogP contribution is -2.33. The molecule has 184 valence electrons. The fourth-order valence-corrected chi connectivity index (χ4v) is 4.60. The van der Waals surface area contributed by atoms with Gasteiger partial charge in [-0.1, -0.05) is 18.2 Å². The monoisotopic (exact) mass is 491 g/mol. The number of carbonyl (C=O) groups is 2. The average Bonchev–Trinajstić information content (AvgIpc) is 3.17. The van der Waals surface area contributed by atoms with E-state index < -0.39 is 46.4 Å². The predicted octanol–water partition coefficient (Wildman–Crippen LogP) is 2.78. The molecule has 0 aliphatic carbocycles. The molecule has 1 unspecified atom stereocenters. The van der Waals surface area contributed by atoms with Crippen LogP contribution in [0.4, 0.5) is 5.69 Å². The van der Waals surface area contributed by atoms with Crippen molar-refractivity contribution < 1.29 is 29.1 Å². The lowest BCUT2D eigenvalue weighted by atomic mass is 9.96. The highest BCUT2D eigenvalue weighted by Gasteiger charge is 2.43. The molecule has 1 N–H and O–H groups in total. The molecule has 0 fully saturated rings. The van der Waals surface area contributed by atoms with E-state index in [0.29, 0.717) is 22.0 Å². The minimum Gasteiger partial charge on any atom is -0.458 e. The van der Waals surface area contributed by atoms with Gasteiger partial charge >= 0.3 is 17.6 Å². The summed E-state index contributed by atoms with van der Waals surface area (Å²) in [7, 11) is 0. The number of hydrogen-bond acceptors (Lipinski definition) is 9. The SMILES string of the molecule is CC(C)(C)OC(=O)/C=C/c1c2c(nc3ccccc13)-c1c([N+](=O)[O-])c3c(c(=O)n1C2)COC(=O)C3O. The number of nitro groups is 1. The van der Waals surface area contributed by atoms with Crippen LogP contribution < -0.4 is 5.56 Å². The van der Waals surface area contributed by atoms with Gasteiger partial charge in [0, 0.05) is 17.0 Å². The van der Waals surface area contributed by atoms with Crippen molar-refractivity contribution in [1.29, 1.82) is 0 Å². The van der Waals surface area contributed by atoms with Gasteiger partial charge in [-0.3, -0.25) is 19.5 Å². The number of nitrogens with zero attached hydrogens (tertiary/aromatic N) is 3. The number of pyridine rings is 2. The maximum Gasteiger partial charge on any atom is 0.340 e. The number of cyclic esters (lactones) is 1. The Morgan fingerprint density at radius 1 is 1.28 bits per heavy atom. The summed E-state index contributed by atoms with van der Waals surface area (Å²) in [6, 6.07) is 7.03. The van der Waals surface area contributed by atoms with Gasteiger partial charge in [0.05, 0.1) is 28.1 Å². The Kier molecular flexibility index (Phi) is 5.25. The van der Waals surface area contributed by atoms with Crippen LogP contribution in [-0.4, -0.2) is 37.1 Å². The molecule has 0 spiro atoms. The molecule has 0 saturated heterocycles. The van der Waals surface area contributed by atoms with Gasteiger partial charge in [-0.15, -0.1) is 0 Å². The molecule has 0 radical (unpaired) electrons. The summed E-state index contributed by atoms with van der Waals surface area (Å²) in [5.74, 6) is -1.65. The molecule has 0 bridgehead atoms. The first-order chi connectivity index (χ1) is 17.0. The largest absolute Gasteiger partial charge is 0.458 e. The zero-order valence-electron chi connectivity index (χ0n) is 19.6. The third-order valence-electron chi connectivity index (χ3n) is 5.99. The van der Waals surface area contributed by atoms with E-state index in [0.717, 1.165) is 0 Å². The minimum atomic E-state index is -1.97. The molecule has 5 rings (SSSR count).